The maximum absolute atomic E-state index is 13.7. The van der Waals surface area contributed by atoms with Crippen LogP contribution < -0.4 is 9.80 Å². The molecule has 6 heteroatoms. The Morgan fingerprint density at radius 2 is 1.79 bits per heavy atom. The highest BCUT2D eigenvalue weighted by molar-refractivity contribution is 14.1. The Balaban J connectivity index is 1.79. The predicted octanol–water partition coefficient (Wildman–Crippen LogP) is 5.72. The van der Waals surface area contributed by atoms with Gasteiger partial charge in [0.25, 0.3) is 5.91 Å². The van der Waals surface area contributed by atoms with Gasteiger partial charge in [-0.15, -0.1) is 0 Å². The van der Waals surface area contributed by atoms with Crippen molar-refractivity contribution < 1.29 is 4.79 Å². The summed E-state index contributed by atoms with van der Waals surface area (Å²) in [5.41, 5.74) is 3.46. The van der Waals surface area contributed by atoms with E-state index in [4.69, 9.17) is 0 Å². The second-order valence-corrected chi connectivity index (χ2v) is 9.80. The van der Waals surface area contributed by atoms with E-state index in [1.807, 2.05) is 52.1 Å². The summed E-state index contributed by atoms with van der Waals surface area (Å²) in [6, 6.07) is 18.1. The SMILES string of the molecule is CN1c2ccc(Br)cc2N(C(=O)c2cccn2-c2ccc(I)cc2)CC1(C)C. The van der Waals surface area contributed by atoms with Crippen LogP contribution in [0, 0.1) is 3.57 Å². The van der Waals surface area contributed by atoms with Crippen molar-refractivity contribution in [2.75, 3.05) is 23.4 Å². The Bertz CT molecular complexity index is 1040. The number of carbonyl (C=O) groups excluding carboxylic acids is 1. The number of halogens is 2. The molecule has 28 heavy (non-hydrogen) atoms. The Morgan fingerprint density at radius 1 is 1.07 bits per heavy atom. The number of hydrogen-bond acceptors (Lipinski definition) is 2. The van der Waals surface area contributed by atoms with Crippen LogP contribution in [0.3, 0.4) is 0 Å². The molecule has 2 heterocycles. The van der Waals surface area contributed by atoms with Crippen LogP contribution in [0.5, 0.6) is 0 Å². The van der Waals surface area contributed by atoms with Crippen LogP contribution in [0.4, 0.5) is 11.4 Å². The fraction of sp³-hybridized carbons (Fsp3) is 0.227. The van der Waals surface area contributed by atoms with E-state index in [1.54, 1.807) is 0 Å². The number of amides is 1. The van der Waals surface area contributed by atoms with Crippen molar-refractivity contribution in [1.82, 2.24) is 4.57 Å². The molecule has 0 saturated heterocycles. The highest BCUT2D eigenvalue weighted by atomic mass is 127. The van der Waals surface area contributed by atoms with Gasteiger partial charge in [-0.25, -0.2) is 0 Å². The van der Waals surface area contributed by atoms with Crippen molar-refractivity contribution >= 4 is 55.8 Å². The topological polar surface area (TPSA) is 28.5 Å². The number of anilines is 2. The number of aromatic nitrogens is 1. The van der Waals surface area contributed by atoms with Crippen LogP contribution in [-0.4, -0.2) is 29.6 Å². The highest BCUT2D eigenvalue weighted by Crippen LogP contribution is 2.41. The Morgan fingerprint density at radius 3 is 2.50 bits per heavy atom. The van der Waals surface area contributed by atoms with E-state index >= 15 is 0 Å². The van der Waals surface area contributed by atoms with Gasteiger partial charge in [0.2, 0.25) is 0 Å². The third-order valence-corrected chi connectivity index (χ3v) is 6.57. The van der Waals surface area contributed by atoms with Crippen LogP contribution in [-0.2, 0) is 0 Å². The minimum atomic E-state index is -0.170. The Hall–Kier alpha value is -1.80. The van der Waals surface area contributed by atoms with Crippen molar-refractivity contribution in [3.05, 3.63) is 74.5 Å². The molecule has 0 fully saturated rings. The van der Waals surface area contributed by atoms with Gasteiger partial charge < -0.3 is 14.4 Å². The molecule has 0 unspecified atom stereocenters. The predicted molar refractivity (Wildman–Crippen MR) is 127 cm³/mol. The van der Waals surface area contributed by atoms with Crippen LogP contribution in [0.2, 0.25) is 0 Å². The van der Waals surface area contributed by atoms with Gasteiger partial charge in [-0.05, 0) is 91.0 Å². The molecule has 3 aromatic rings. The summed E-state index contributed by atoms with van der Waals surface area (Å²) in [6.45, 7) is 4.94. The summed E-state index contributed by atoms with van der Waals surface area (Å²) in [6.07, 6.45) is 1.94. The zero-order valence-corrected chi connectivity index (χ0v) is 19.7. The lowest BCUT2D eigenvalue weighted by Crippen LogP contribution is -2.56. The molecule has 0 aliphatic carbocycles. The standard InChI is InChI=1S/C22H21BrIN3O/c1-22(2)14-27(20-13-15(23)6-11-18(20)25(22)3)21(28)19-5-4-12-26(19)17-9-7-16(24)8-10-17/h4-13H,14H2,1-3H3. The fourth-order valence-electron chi connectivity index (χ4n) is 3.60. The summed E-state index contributed by atoms with van der Waals surface area (Å²) < 4.78 is 4.09. The van der Waals surface area contributed by atoms with Crippen molar-refractivity contribution in [2.24, 2.45) is 0 Å². The highest BCUT2D eigenvalue weighted by Gasteiger charge is 2.38. The molecule has 0 N–H and O–H groups in total. The molecule has 0 spiro atoms. The van der Waals surface area contributed by atoms with Crippen molar-refractivity contribution in [2.45, 2.75) is 19.4 Å². The number of benzene rings is 2. The summed E-state index contributed by atoms with van der Waals surface area (Å²) in [7, 11) is 2.09. The number of likely N-dealkylation sites (N-methyl/N-ethyl adjacent to an activating group) is 1. The number of nitrogens with zero attached hydrogens (tertiary/aromatic N) is 3. The van der Waals surface area contributed by atoms with E-state index in [1.165, 1.54) is 3.57 Å². The first kappa shape index (κ1) is 19.5. The fourth-order valence-corrected chi connectivity index (χ4v) is 4.31. The molecule has 0 saturated carbocycles. The molecule has 0 radical (unpaired) electrons. The third kappa shape index (κ3) is 3.37. The van der Waals surface area contributed by atoms with Crippen molar-refractivity contribution in [3.63, 3.8) is 0 Å². The van der Waals surface area contributed by atoms with Crippen molar-refractivity contribution in [3.8, 4) is 5.69 Å². The van der Waals surface area contributed by atoms with Gasteiger partial charge in [0.15, 0.2) is 0 Å². The van der Waals surface area contributed by atoms with E-state index in [9.17, 15) is 4.79 Å². The smallest absolute Gasteiger partial charge is 0.275 e. The maximum Gasteiger partial charge on any atom is 0.275 e. The molecule has 144 valence electrons. The summed E-state index contributed by atoms with van der Waals surface area (Å²) in [4.78, 5) is 17.8. The zero-order chi connectivity index (χ0) is 20.1. The molecule has 1 aliphatic rings. The molecule has 4 nitrogen and oxygen atoms in total. The quantitative estimate of drug-likeness (QED) is 0.382. The number of rotatable bonds is 2. The number of fused-ring (bicyclic) bond motifs is 1. The van der Waals surface area contributed by atoms with Gasteiger partial charge in [-0.1, -0.05) is 15.9 Å². The summed E-state index contributed by atoms with van der Waals surface area (Å²) in [5.74, 6) is 0.00377. The molecule has 1 aliphatic heterocycles. The van der Waals surface area contributed by atoms with Crippen LogP contribution in [0.1, 0.15) is 24.3 Å². The molecule has 4 rings (SSSR count). The molecule has 2 aromatic carbocycles. The normalized spacial score (nSPS) is 15.5. The molecule has 0 bridgehead atoms. The summed E-state index contributed by atoms with van der Waals surface area (Å²) in [5, 5.41) is 0. The van der Waals surface area contributed by atoms with Gasteiger partial charge in [0.1, 0.15) is 5.69 Å². The largest absolute Gasteiger partial charge is 0.366 e. The lowest BCUT2D eigenvalue weighted by atomic mass is 9.96. The van der Waals surface area contributed by atoms with Gasteiger partial charge in [-0.2, -0.15) is 0 Å². The van der Waals surface area contributed by atoms with Crippen molar-refractivity contribution in [1.29, 1.82) is 0 Å². The van der Waals surface area contributed by atoms with Gasteiger partial charge in [0.05, 0.1) is 16.9 Å². The molecule has 1 aromatic heterocycles. The maximum atomic E-state index is 13.7. The summed E-state index contributed by atoms with van der Waals surface area (Å²) >= 11 is 5.85. The Kier molecular flexibility index (Phi) is 5.03. The number of hydrogen-bond donors (Lipinski definition) is 0. The van der Waals surface area contributed by atoms with Crippen LogP contribution in [0.15, 0.2) is 65.3 Å². The zero-order valence-electron chi connectivity index (χ0n) is 16.0. The minimum absolute atomic E-state index is 0.00377. The lowest BCUT2D eigenvalue weighted by Gasteiger charge is -2.47. The molecule has 1 amide bonds. The first-order chi connectivity index (χ1) is 13.3. The Labute approximate surface area is 187 Å². The third-order valence-electron chi connectivity index (χ3n) is 5.36. The molecular formula is C22H21BrIN3O. The second-order valence-electron chi connectivity index (χ2n) is 7.64. The molecular weight excluding hydrogens is 529 g/mol. The lowest BCUT2D eigenvalue weighted by molar-refractivity contribution is 0.0973. The minimum Gasteiger partial charge on any atom is -0.366 e. The van der Waals surface area contributed by atoms with E-state index in [-0.39, 0.29) is 11.4 Å². The van der Waals surface area contributed by atoms with Crippen LogP contribution in [0.25, 0.3) is 5.69 Å². The van der Waals surface area contributed by atoms with Crippen LogP contribution >= 0.6 is 38.5 Å². The van der Waals surface area contributed by atoms with E-state index in [0.29, 0.717) is 12.2 Å². The van der Waals surface area contributed by atoms with E-state index < -0.39 is 0 Å². The first-order valence-electron chi connectivity index (χ1n) is 9.06. The number of carbonyl (C=O) groups is 1. The second kappa shape index (κ2) is 7.22. The monoisotopic (exact) mass is 549 g/mol. The first-order valence-corrected chi connectivity index (χ1v) is 10.9. The van der Waals surface area contributed by atoms with Gasteiger partial charge in [-0.3, -0.25) is 4.79 Å². The average Bonchev–Trinajstić information content (AvgIpc) is 3.14. The van der Waals surface area contributed by atoms with E-state index in [0.717, 1.165) is 21.5 Å². The van der Waals surface area contributed by atoms with Gasteiger partial charge >= 0.3 is 0 Å². The molecule has 0 atom stereocenters. The van der Waals surface area contributed by atoms with E-state index in [2.05, 4.69) is 82.5 Å². The average molecular weight is 550 g/mol. The van der Waals surface area contributed by atoms with Gasteiger partial charge in [0, 0.05) is 33.5 Å².